The van der Waals surface area contributed by atoms with Gasteiger partial charge in [0.05, 0.1) is 35.1 Å². The number of carboxylic acids is 1. The maximum atomic E-state index is 12.7. The molecule has 128 valence electrons. The molecule has 0 aliphatic carbocycles. The smallest absolute Gasteiger partial charge is 0.339 e. The van der Waals surface area contributed by atoms with E-state index in [1.54, 1.807) is 6.07 Å². The lowest BCUT2D eigenvalue weighted by molar-refractivity contribution is -0.138. The topological polar surface area (TPSA) is 107 Å². The van der Waals surface area contributed by atoms with Gasteiger partial charge in [-0.15, -0.1) is 0 Å². The van der Waals surface area contributed by atoms with Gasteiger partial charge in [0.15, 0.2) is 0 Å². The number of aromatic nitrogens is 1. The summed E-state index contributed by atoms with van der Waals surface area (Å²) in [5, 5.41) is 9.87. The number of rotatable bonds is 3. The summed E-state index contributed by atoms with van der Waals surface area (Å²) in [6.45, 7) is 1.38. The SMILES string of the molecule is COC(=O)c1cc2c(=O)c3cc(Cl)ccc3oc2nc1C(C)C(=O)O. The lowest BCUT2D eigenvalue weighted by Gasteiger charge is -2.12. The van der Waals surface area contributed by atoms with Crippen molar-refractivity contribution in [1.82, 2.24) is 4.98 Å². The Morgan fingerprint density at radius 1 is 1.28 bits per heavy atom. The van der Waals surface area contributed by atoms with E-state index in [-0.39, 0.29) is 33.3 Å². The van der Waals surface area contributed by atoms with E-state index in [9.17, 15) is 19.5 Å². The molecule has 0 bridgehead atoms. The minimum Gasteiger partial charge on any atom is -0.481 e. The number of carbonyl (C=O) groups excluding carboxylic acids is 1. The van der Waals surface area contributed by atoms with Gasteiger partial charge in [0.2, 0.25) is 11.1 Å². The molecule has 0 saturated carbocycles. The van der Waals surface area contributed by atoms with Crippen molar-refractivity contribution in [1.29, 1.82) is 0 Å². The van der Waals surface area contributed by atoms with Crippen molar-refractivity contribution in [3.8, 4) is 0 Å². The monoisotopic (exact) mass is 361 g/mol. The van der Waals surface area contributed by atoms with Crippen LogP contribution >= 0.6 is 11.6 Å². The molecule has 1 N–H and O–H groups in total. The maximum Gasteiger partial charge on any atom is 0.339 e. The average Bonchev–Trinajstić information content (AvgIpc) is 2.60. The number of esters is 1. The largest absolute Gasteiger partial charge is 0.481 e. The van der Waals surface area contributed by atoms with Gasteiger partial charge < -0.3 is 14.3 Å². The van der Waals surface area contributed by atoms with Crippen molar-refractivity contribution < 1.29 is 23.8 Å². The van der Waals surface area contributed by atoms with E-state index >= 15 is 0 Å². The Morgan fingerprint density at radius 2 is 2.00 bits per heavy atom. The van der Waals surface area contributed by atoms with Crippen molar-refractivity contribution in [2.75, 3.05) is 7.11 Å². The highest BCUT2D eigenvalue weighted by atomic mass is 35.5. The van der Waals surface area contributed by atoms with Crippen molar-refractivity contribution >= 4 is 45.6 Å². The van der Waals surface area contributed by atoms with E-state index < -0.39 is 23.3 Å². The first-order valence-electron chi connectivity index (χ1n) is 7.21. The number of carbonyl (C=O) groups is 2. The Morgan fingerprint density at radius 3 is 2.64 bits per heavy atom. The van der Waals surface area contributed by atoms with Gasteiger partial charge in [-0.05, 0) is 31.2 Å². The summed E-state index contributed by atoms with van der Waals surface area (Å²) in [4.78, 5) is 40.2. The second kappa shape index (κ2) is 6.18. The van der Waals surface area contributed by atoms with E-state index in [0.29, 0.717) is 5.02 Å². The van der Waals surface area contributed by atoms with Gasteiger partial charge in [-0.1, -0.05) is 11.6 Å². The van der Waals surface area contributed by atoms with Crippen LogP contribution in [0.2, 0.25) is 5.02 Å². The van der Waals surface area contributed by atoms with Crippen LogP contribution in [0.25, 0.3) is 22.1 Å². The fourth-order valence-electron chi connectivity index (χ4n) is 2.49. The number of halogens is 1. The Balaban J connectivity index is 2.43. The van der Waals surface area contributed by atoms with Crippen LogP contribution in [-0.4, -0.2) is 29.1 Å². The summed E-state index contributed by atoms with van der Waals surface area (Å²) in [5.41, 5.74) is -0.363. The zero-order valence-electron chi connectivity index (χ0n) is 13.2. The standard InChI is InChI=1S/C17H12ClNO6/c1-7(16(21)22)13-10(17(23)24-2)6-11-14(20)9-5-8(18)3-4-12(9)25-15(11)19-13/h3-7H,1-2H3,(H,21,22). The van der Waals surface area contributed by atoms with Crippen LogP contribution in [0.5, 0.6) is 0 Å². The number of ether oxygens (including phenoxy) is 1. The molecular formula is C17H12ClNO6. The molecule has 1 aromatic carbocycles. The second-order valence-electron chi connectivity index (χ2n) is 5.40. The predicted molar refractivity (Wildman–Crippen MR) is 90.2 cm³/mol. The quantitative estimate of drug-likeness (QED) is 0.564. The third-order valence-electron chi connectivity index (χ3n) is 3.84. The molecule has 3 rings (SSSR count). The van der Waals surface area contributed by atoms with E-state index in [2.05, 4.69) is 9.72 Å². The van der Waals surface area contributed by atoms with Gasteiger partial charge in [0.25, 0.3) is 0 Å². The minimum atomic E-state index is -1.17. The third-order valence-corrected chi connectivity index (χ3v) is 4.08. The lowest BCUT2D eigenvalue weighted by Crippen LogP contribution is -2.17. The number of methoxy groups -OCH3 is 1. The highest BCUT2D eigenvalue weighted by Crippen LogP contribution is 2.26. The Kier molecular flexibility index (Phi) is 4.18. The highest BCUT2D eigenvalue weighted by molar-refractivity contribution is 6.31. The van der Waals surface area contributed by atoms with Gasteiger partial charge in [0.1, 0.15) is 5.58 Å². The Hall–Kier alpha value is -2.93. The first kappa shape index (κ1) is 16.9. The molecule has 1 unspecified atom stereocenters. The molecule has 0 fully saturated rings. The molecule has 0 aliphatic heterocycles. The van der Waals surface area contributed by atoms with Crippen LogP contribution in [0, 0.1) is 0 Å². The number of carboxylic acid groups (broad SMARTS) is 1. The summed E-state index contributed by atoms with van der Waals surface area (Å²) >= 11 is 5.91. The van der Waals surface area contributed by atoms with Crippen molar-refractivity contribution in [2.45, 2.75) is 12.8 Å². The molecule has 3 aromatic rings. The van der Waals surface area contributed by atoms with Crippen LogP contribution in [0.15, 0.2) is 33.5 Å². The van der Waals surface area contributed by atoms with Crippen molar-refractivity contribution in [3.05, 3.63) is 50.8 Å². The molecule has 0 aliphatic rings. The molecule has 0 radical (unpaired) electrons. The average molecular weight is 362 g/mol. The molecule has 2 heterocycles. The maximum absolute atomic E-state index is 12.7. The molecule has 0 saturated heterocycles. The van der Waals surface area contributed by atoms with E-state index in [1.807, 2.05) is 0 Å². The number of benzene rings is 1. The van der Waals surface area contributed by atoms with E-state index in [0.717, 1.165) is 7.11 Å². The molecule has 8 heteroatoms. The number of nitrogens with zero attached hydrogens (tertiary/aromatic N) is 1. The number of fused-ring (bicyclic) bond motifs is 2. The fourth-order valence-corrected chi connectivity index (χ4v) is 2.66. The highest BCUT2D eigenvalue weighted by Gasteiger charge is 2.26. The van der Waals surface area contributed by atoms with Gasteiger partial charge in [-0.2, -0.15) is 0 Å². The van der Waals surface area contributed by atoms with Crippen molar-refractivity contribution in [2.24, 2.45) is 0 Å². The van der Waals surface area contributed by atoms with Crippen LogP contribution in [0.3, 0.4) is 0 Å². The number of hydrogen-bond acceptors (Lipinski definition) is 6. The summed E-state index contributed by atoms with van der Waals surface area (Å²) in [6.07, 6.45) is 0. The molecule has 25 heavy (non-hydrogen) atoms. The van der Waals surface area contributed by atoms with Crippen LogP contribution < -0.4 is 5.43 Å². The zero-order chi connectivity index (χ0) is 18.3. The second-order valence-corrected chi connectivity index (χ2v) is 5.83. The first-order valence-corrected chi connectivity index (χ1v) is 7.59. The summed E-state index contributed by atoms with van der Waals surface area (Å²) in [5.74, 6) is -3.06. The predicted octanol–water partition coefficient (Wildman–Crippen LogP) is 2.97. The molecule has 0 amide bonds. The lowest BCUT2D eigenvalue weighted by atomic mass is 10.0. The summed E-state index contributed by atoms with van der Waals surface area (Å²) in [6, 6.07) is 5.78. The third kappa shape index (κ3) is 2.83. The molecule has 2 aromatic heterocycles. The fraction of sp³-hybridized carbons (Fsp3) is 0.176. The van der Waals surface area contributed by atoms with Crippen LogP contribution in [0.4, 0.5) is 0 Å². The normalized spacial score (nSPS) is 12.3. The molecule has 0 spiro atoms. The minimum absolute atomic E-state index is 0.0384. The number of aliphatic carboxylic acids is 1. The van der Waals surface area contributed by atoms with Gasteiger partial charge >= 0.3 is 11.9 Å². The van der Waals surface area contributed by atoms with Gasteiger partial charge in [0, 0.05) is 5.02 Å². The molecule has 1 atom stereocenters. The number of hydrogen-bond donors (Lipinski definition) is 1. The Bertz CT molecular complexity index is 1090. The Labute approximate surface area is 145 Å². The van der Waals surface area contributed by atoms with Crippen LogP contribution in [0.1, 0.15) is 28.9 Å². The number of pyridine rings is 1. The van der Waals surface area contributed by atoms with Gasteiger partial charge in [-0.25, -0.2) is 9.78 Å². The molecular weight excluding hydrogens is 350 g/mol. The van der Waals surface area contributed by atoms with Crippen LogP contribution in [-0.2, 0) is 9.53 Å². The first-order chi connectivity index (χ1) is 11.8. The molecule has 7 nitrogen and oxygen atoms in total. The van der Waals surface area contributed by atoms with Crippen molar-refractivity contribution in [3.63, 3.8) is 0 Å². The van der Waals surface area contributed by atoms with Gasteiger partial charge in [-0.3, -0.25) is 9.59 Å². The zero-order valence-corrected chi connectivity index (χ0v) is 14.0. The summed E-state index contributed by atoms with van der Waals surface area (Å²) < 4.78 is 10.3. The summed E-state index contributed by atoms with van der Waals surface area (Å²) in [7, 11) is 1.16. The van der Waals surface area contributed by atoms with E-state index in [4.69, 9.17) is 16.0 Å². The van der Waals surface area contributed by atoms with E-state index in [1.165, 1.54) is 25.1 Å².